The van der Waals surface area contributed by atoms with Crippen LogP contribution in [0.1, 0.15) is 47.6 Å². The van der Waals surface area contributed by atoms with Gasteiger partial charge in [-0.3, -0.25) is 25.2 Å². The minimum atomic E-state index is -0.677. The molecule has 0 spiro atoms. The molecule has 4 rings (SSSR count). The molecule has 11 heteroatoms. The summed E-state index contributed by atoms with van der Waals surface area (Å²) >= 11 is 0. The number of nitrogens with zero attached hydrogens (tertiary/aromatic N) is 10. The van der Waals surface area contributed by atoms with Crippen molar-refractivity contribution in [1.29, 1.82) is 10.5 Å². The van der Waals surface area contributed by atoms with Crippen LogP contribution in [0.5, 0.6) is 0 Å². The van der Waals surface area contributed by atoms with Crippen molar-refractivity contribution in [3.63, 3.8) is 0 Å². The molecule has 10 nitrogen and oxygen atoms in total. The van der Waals surface area contributed by atoms with Crippen LogP contribution in [0.3, 0.4) is 0 Å². The minimum absolute atomic E-state index is 0. The van der Waals surface area contributed by atoms with Gasteiger partial charge in [0.1, 0.15) is 5.69 Å². The maximum atomic E-state index is 9.24. The fraction of sp³-hybridized carbons (Fsp3) is 0.200. The molecule has 0 bridgehead atoms. The number of pyridine rings is 2. The molecule has 0 fully saturated rings. The van der Waals surface area contributed by atoms with E-state index in [4.69, 9.17) is 23.1 Å². The standard InChI is InChI=1S/C25H16N10.Pd/c1-15-7-20(30-22(9-15)34-13-17(11-26)24(29-6)33-34)25(3,4)21-8-16(2)10-23(31-21)35-14-19(28-5)18(12-27)32-35;/h7-10H,1-4H3;/q-2;+2. The molecule has 0 atom stereocenters. The number of aromatic nitrogens is 6. The van der Waals surface area contributed by atoms with Crippen molar-refractivity contribution in [1.82, 2.24) is 29.5 Å². The number of nitriles is 2. The molecule has 0 aromatic carbocycles. The molecule has 0 saturated heterocycles. The van der Waals surface area contributed by atoms with Gasteiger partial charge in [0.25, 0.3) is 5.82 Å². The van der Waals surface area contributed by atoms with Gasteiger partial charge in [-0.2, -0.15) is 0 Å². The Morgan fingerprint density at radius 2 is 1.42 bits per heavy atom. The van der Waals surface area contributed by atoms with Gasteiger partial charge in [-0.15, -0.1) is 0 Å². The monoisotopic (exact) mass is 562 g/mol. The Balaban J connectivity index is 0.00000361. The van der Waals surface area contributed by atoms with Crippen molar-refractivity contribution in [2.75, 3.05) is 0 Å². The SMILES string of the molecule is [C-]#[N+]c1[c-]n(-c2cc(C)cc(C(C)(C)c3cc(C)cc(-n4[c-]c(C#N)c([N+]#[C-])n4)n3)n2)nc1C#N.[Pd+2]. The van der Waals surface area contributed by atoms with Crippen molar-refractivity contribution in [2.24, 2.45) is 0 Å². The van der Waals surface area contributed by atoms with Crippen LogP contribution in [0.2, 0.25) is 0 Å². The second kappa shape index (κ2) is 9.91. The Morgan fingerprint density at radius 3 is 1.83 bits per heavy atom. The van der Waals surface area contributed by atoms with Crippen molar-refractivity contribution in [3.8, 4) is 23.8 Å². The van der Waals surface area contributed by atoms with Crippen molar-refractivity contribution < 1.29 is 20.4 Å². The Labute approximate surface area is 221 Å². The van der Waals surface area contributed by atoms with Gasteiger partial charge in [-0.05, 0) is 57.2 Å². The van der Waals surface area contributed by atoms with Gasteiger partial charge in [-0.25, -0.2) is 9.94 Å². The van der Waals surface area contributed by atoms with E-state index < -0.39 is 5.41 Å². The largest absolute Gasteiger partial charge is 2.00 e. The van der Waals surface area contributed by atoms with Crippen LogP contribution in [0.15, 0.2) is 24.3 Å². The average molecular weight is 563 g/mol. The fourth-order valence-corrected chi connectivity index (χ4v) is 3.46. The van der Waals surface area contributed by atoms with E-state index in [2.05, 4.69) is 32.3 Å². The van der Waals surface area contributed by atoms with E-state index >= 15 is 0 Å². The summed E-state index contributed by atoms with van der Waals surface area (Å²) in [5, 5.41) is 26.8. The van der Waals surface area contributed by atoms with Gasteiger partial charge in [0.15, 0.2) is 0 Å². The molecule has 0 aliphatic heterocycles. The summed E-state index contributed by atoms with van der Waals surface area (Å²) in [6.07, 6.45) is 5.58. The van der Waals surface area contributed by atoms with E-state index in [0.29, 0.717) is 23.0 Å². The zero-order valence-electron chi connectivity index (χ0n) is 19.6. The summed E-state index contributed by atoms with van der Waals surface area (Å²) in [5.74, 6) is 0.814. The van der Waals surface area contributed by atoms with Gasteiger partial charge in [-0.1, -0.05) is 36.0 Å². The second-order valence-corrected chi connectivity index (χ2v) is 8.29. The molecule has 0 saturated carbocycles. The molecule has 4 aromatic heterocycles. The molecule has 0 amide bonds. The van der Waals surface area contributed by atoms with E-state index in [-0.39, 0.29) is 43.2 Å². The molecule has 4 heterocycles. The summed E-state index contributed by atoms with van der Waals surface area (Å²) in [7, 11) is 0. The third-order valence-electron chi connectivity index (χ3n) is 5.33. The summed E-state index contributed by atoms with van der Waals surface area (Å²) in [5.41, 5.74) is 2.58. The van der Waals surface area contributed by atoms with Gasteiger partial charge >= 0.3 is 20.4 Å². The predicted molar refractivity (Wildman–Crippen MR) is 124 cm³/mol. The van der Waals surface area contributed by atoms with Crippen molar-refractivity contribution in [3.05, 3.63) is 93.3 Å². The quantitative estimate of drug-likeness (QED) is 0.271. The van der Waals surface area contributed by atoms with E-state index in [1.807, 2.05) is 52.0 Å². The zero-order valence-corrected chi connectivity index (χ0v) is 21.2. The van der Waals surface area contributed by atoms with Crippen LogP contribution in [-0.4, -0.2) is 29.5 Å². The number of rotatable bonds is 4. The summed E-state index contributed by atoms with van der Waals surface area (Å²) in [6, 6.07) is 11.3. The molecule has 36 heavy (non-hydrogen) atoms. The third kappa shape index (κ3) is 4.63. The van der Waals surface area contributed by atoms with E-state index in [9.17, 15) is 10.5 Å². The normalized spacial score (nSPS) is 10.4. The summed E-state index contributed by atoms with van der Waals surface area (Å²) < 4.78 is 2.61. The number of aryl methyl sites for hydroxylation is 2. The molecule has 0 N–H and O–H groups in total. The maximum Gasteiger partial charge on any atom is 2.00 e. The minimum Gasteiger partial charge on any atom is -0.359 e. The van der Waals surface area contributed by atoms with Crippen molar-refractivity contribution >= 4 is 11.5 Å². The first-order valence-corrected chi connectivity index (χ1v) is 10.3. The second-order valence-electron chi connectivity index (χ2n) is 8.29. The van der Waals surface area contributed by atoms with E-state index in [0.717, 1.165) is 11.1 Å². The van der Waals surface area contributed by atoms with Crippen LogP contribution in [0.4, 0.5) is 11.5 Å². The molecule has 4 aromatic rings. The summed E-state index contributed by atoms with van der Waals surface area (Å²) in [6.45, 7) is 22.2. The first kappa shape index (κ1) is 26.0. The van der Waals surface area contributed by atoms with Crippen LogP contribution >= 0.6 is 0 Å². The fourth-order valence-electron chi connectivity index (χ4n) is 3.46. The van der Waals surface area contributed by atoms with Gasteiger partial charge in [0.05, 0.1) is 23.9 Å². The molecule has 0 aliphatic rings. The molecular weight excluding hydrogens is 547 g/mol. The van der Waals surface area contributed by atoms with E-state index in [1.165, 1.54) is 9.36 Å². The zero-order chi connectivity index (χ0) is 25.3. The molecule has 176 valence electrons. The van der Waals surface area contributed by atoms with E-state index in [1.54, 1.807) is 12.1 Å². The molecular formula is C25H16N10Pd. The average Bonchev–Trinajstić information content (AvgIpc) is 3.47. The molecule has 0 unspecified atom stereocenters. The van der Waals surface area contributed by atoms with Crippen LogP contribution in [0, 0.1) is 62.0 Å². The number of hydrogen-bond acceptors (Lipinski definition) is 6. The van der Waals surface area contributed by atoms with Gasteiger partial charge < -0.3 is 9.53 Å². The third-order valence-corrected chi connectivity index (χ3v) is 5.33. The molecule has 0 radical (unpaired) electrons. The Hall–Kier alpha value is -4.66. The Kier molecular flexibility index (Phi) is 7.15. The van der Waals surface area contributed by atoms with Crippen molar-refractivity contribution in [2.45, 2.75) is 33.1 Å². The first-order chi connectivity index (χ1) is 16.7. The van der Waals surface area contributed by atoms with Crippen LogP contribution < -0.4 is 0 Å². The first-order valence-electron chi connectivity index (χ1n) is 10.3. The predicted octanol–water partition coefficient (Wildman–Crippen LogP) is 4.23. The van der Waals surface area contributed by atoms with Gasteiger partial charge in [0.2, 0.25) is 0 Å². The molecule has 0 aliphatic carbocycles. The number of hydrogen-bond donors (Lipinski definition) is 0. The topological polar surface area (TPSA) is 118 Å². The maximum absolute atomic E-state index is 9.24. The van der Waals surface area contributed by atoms with Crippen LogP contribution in [-0.2, 0) is 25.8 Å². The van der Waals surface area contributed by atoms with Gasteiger partial charge in [0, 0.05) is 28.4 Å². The Morgan fingerprint density at radius 1 is 0.861 bits per heavy atom. The smallest absolute Gasteiger partial charge is 0.359 e. The Bertz CT molecular complexity index is 1460. The summed E-state index contributed by atoms with van der Waals surface area (Å²) in [4.78, 5) is 16.1. The van der Waals surface area contributed by atoms with Crippen LogP contribution in [0.25, 0.3) is 21.3 Å².